The zero-order chi connectivity index (χ0) is 12.3. The third-order valence-electron chi connectivity index (χ3n) is 2.94. The van der Waals surface area contributed by atoms with Gasteiger partial charge in [-0.2, -0.15) is 0 Å². The van der Waals surface area contributed by atoms with Crippen LogP contribution in [0.1, 0.15) is 28.8 Å². The maximum absolute atomic E-state index is 10.2. The van der Waals surface area contributed by atoms with E-state index in [1.165, 1.54) is 5.56 Å². The van der Waals surface area contributed by atoms with Crippen molar-refractivity contribution in [1.29, 1.82) is 0 Å². The van der Waals surface area contributed by atoms with Crippen molar-refractivity contribution in [2.45, 2.75) is 19.1 Å². The van der Waals surface area contributed by atoms with Gasteiger partial charge in [0.2, 0.25) is 0 Å². The van der Waals surface area contributed by atoms with Crippen molar-refractivity contribution < 1.29 is 5.11 Å². The van der Waals surface area contributed by atoms with Crippen LogP contribution >= 0.6 is 0 Å². The highest BCUT2D eigenvalue weighted by Crippen LogP contribution is 2.26. The highest BCUT2D eigenvalue weighted by molar-refractivity contribution is 5.27. The van der Waals surface area contributed by atoms with Gasteiger partial charge in [-0.05, 0) is 18.1 Å². The number of hydrogen-bond acceptors (Lipinski definition) is 2. The SMILES string of the molecule is Cc1ccc([C@H](O)[C@@H](N)c2ccccc2)cc1. The number of hydrogen-bond donors (Lipinski definition) is 2. The molecule has 2 nitrogen and oxygen atoms in total. The molecule has 2 rings (SSSR count). The Kier molecular flexibility index (Phi) is 3.57. The second kappa shape index (κ2) is 5.13. The molecule has 0 aliphatic heterocycles. The minimum atomic E-state index is -0.669. The van der Waals surface area contributed by atoms with Crippen LogP contribution in [0, 0.1) is 6.92 Å². The Balaban J connectivity index is 2.20. The first-order chi connectivity index (χ1) is 8.18. The fourth-order valence-electron chi connectivity index (χ4n) is 1.83. The summed E-state index contributed by atoms with van der Waals surface area (Å²) in [6, 6.07) is 17.1. The molecule has 0 unspecified atom stereocenters. The molecule has 17 heavy (non-hydrogen) atoms. The monoisotopic (exact) mass is 227 g/mol. The molecule has 0 aliphatic carbocycles. The zero-order valence-electron chi connectivity index (χ0n) is 9.88. The molecule has 2 aromatic rings. The molecule has 0 fully saturated rings. The van der Waals surface area contributed by atoms with Crippen molar-refractivity contribution in [1.82, 2.24) is 0 Å². The Bertz CT molecular complexity index is 464. The largest absolute Gasteiger partial charge is 0.386 e. The molecule has 0 spiro atoms. The number of benzene rings is 2. The summed E-state index contributed by atoms with van der Waals surface area (Å²) in [5.41, 5.74) is 9.03. The Labute approximate surface area is 102 Å². The second-order valence-electron chi connectivity index (χ2n) is 4.29. The van der Waals surface area contributed by atoms with Gasteiger partial charge in [0.05, 0.1) is 12.1 Å². The lowest BCUT2D eigenvalue weighted by molar-refractivity contribution is 0.147. The van der Waals surface area contributed by atoms with Crippen LogP contribution in [0.5, 0.6) is 0 Å². The van der Waals surface area contributed by atoms with Crippen molar-refractivity contribution in [3.63, 3.8) is 0 Å². The minimum absolute atomic E-state index is 0.390. The molecule has 88 valence electrons. The molecule has 2 heteroatoms. The van der Waals surface area contributed by atoms with Crippen molar-refractivity contribution in [3.8, 4) is 0 Å². The molecular formula is C15H17NO. The van der Waals surface area contributed by atoms with E-state index in [2.05, 4.69) is 0 Å². The molecule has 3 N–H and O–H groups in total. The predicted molar refractivity (Wildman–Crippen MR) is 69.5 cm³/mol. The lowest BCUT2D eigenvalue weighted by Crippen LogP contribution is -2.19. The summed E-state index contributed by atoms with van der Waals surface area (Å²) in [4.78, 5) is 0. The van der Waals surface area contributed by atoms with Gasteiger partial charge in [-0.15, -0.1) is 0 Å². The molecule has 0 saturated carbocycles. The molecular weight excluding hydrogens is 210 g/mol. The number of nitrogens with two attached hydrogens (primary N) is 1. The predicted octanol–water partition coefficient (Wildman–Crippen LogP) is 2.73. The highest BCUT2D eigenvalue weighted by atomic mass is 16.3. The van der Waals surface area contributed by atoms with Gasteiger partial charge in [0.15, 0.2) is 0 Å². The van der Waals surface area contributed by atoms with Crippen LogP contribution < -0.4 is 5.73 Å². The van der Waals surface area contributed by atoms with Crippen LogP contribution in [0.2, 0.25) is 0 Å². The lowest BCUT2D eigenvalue weighted by atomic mass is 9.96. The van der Waals surface area contributed by atoms with Crippen LogP contribution in [-0.4, -0.2) is 5.11 Å². The van der Waals surface area contributed by atoms with E-state index in [9.17, 15) is 5.11 Å². The molecule has 2 atom stereocenters. The molecule has 0 aromatic heterocycles. The average Bonchev–Trinajstić information content (AvgIpc) is 2.39. The molecule has 0 aliphatic rings. The molecule has 0 saturated heterocycles. The topological polar surface area (TPSA) is 46.2 Å². The van der Waals surface area contributed by atoms with Gasteiger partial charge < -0.3 is 10.8 Å². The first-order valence-electron chi connectivity index (χ1n) is 5.73. The van der Waals surface area contributed by atoms with Gasteiger partial charge in [0.25, 0.3) is 0 Å². The van der Waals surface area contributed by atoms with E-state index in [1.807, 2.05) is 61.5 Å². The van der Waals surface area contributed by atoms with Crippen molar-refractivity contribution >= 4 is 0 Å². The van der Waals surface area contributed by atoms with Crippen molar-refractivity contribution in [2.24, 2.45) is 5.73 Å². The van der Waals surface area contributed by atoms with Crippen LogP contribution in [-0.2, 0) is 0 Å². The molecule has 0 radical (unpaired) electrons. The maximum atomic E-state index is 10.2. The molecule has 0 amide bonds. The van der Waals surface area contributed by atoms with Gasteiger partial charge in [0.1, 0.15) is 0 Å². The lowest BCUT2D eigenvalue weighted by Gasteiger charge is -2.19. The van der Waals surface area contributed by atoms with E-state index in [4.69, 9.17) is 5.73 Å². The van der Waals surface area contributed by atoms with E-state index in [0.717, 1.165) is 11.1 Å². The van der Waals surface area contributed by atoms with Gasteiger partial charge in [-0.25, -0.2) is 0 Å². The Morgan fingerprint density at radius 1 is 0.882 bits per heavy atom. The van der Waals surface area contributed by atoms with Crippen LogP contribution in [0.15, 0.2) is 54.6 Å². The average molecular weight is 227 g/mol. The number of aliphatic hydroxyl groups excluding tert-OH is 1. The first kappa shape index (κ1) is 11.8. The number of aryl methyl sites for hydroxylation is 1. The van der Waals surface area contributed by atoms with Crippen molar-refractivity contribution in [2.75, 3.05) is 0 Å². The fraction of sp³-hybridized carbons (Fsp3) is 0.200. The summed E-state index contributed by atoms with van der Waals surface area (Å²) in [6.07, 6.45) is -0.669. The van der Waals surface area contributed by atoms with E-state index in [0.29, 0.717) is 0 Å². The summed E-state index contributed by atoms with van der Waals surface area (Å²) in [6.45, 7) is 2.02. The number of rotatable bonds is 3. The van der Waals surface area contributed by atoms with E-state index >= 15 is 0 Å². The number of aliphatic hydroxyl groups is 1. The maximum Gasteiger partial charge on any atom is 0.0982 e. The van der Waals surface area contributed by atoms with Crippen molar-refractivity contribution in [3.05, 3.63) is 71.3 Å². The molecule has 0 heterocycles. The van der Waals surface area contributed by atoms with Crippen LogP contribution in [0.25, 0.3) is 0 Å². The fourth-order valence-corrected chi connectivity index (χ4v) is 1.83. The quantitative estimate of drug-likeness (QED) is 0.847. The van der Waals surface area contributed by atoms with Gasteiger partial charge in [0, 0.05) is 0 Å². The summed E-state index contributed by atoms with van der Waals surface area (Å²) in [7, 11) is 0. The Hall–Kier alpha value is -1.64. The smallest absolute Gasteiger partial charge is 0.0982 e. The van der Waals surface area contributed by atoms with Crippen LogP contribution in [0.3, 0.4) is 0 Å². The normalized spacial score (nSPS) is 14.3. The van der Waals surface area contributed by atoms with E-state index in [1.54, 1.807) is 0 Å². The molecule has 2 aromatic carbocycles. The summed E-state index contributed by atoms with van der Waals surface area (Å²) < 4.78 is 0. The zero-order valence-corrected chi connectivity index (χ0v) is 9.88. The van der Waals surface area contributed by atoms with Crippen LogP contribution in [0.4, 0.5) is 0 Å². The highest BCUT2D eigenvalue weighted by Gasteiger charge is 2.18. The Morgan fingerprint density at radius 2 is 1.47 bits per heavy atom. The Morgan fingerprint density at radius 3 is 2.06 bits per heavy atom. The standard InChI is InChI=1S/C15H17NO/c1-11-7-9-13(10-8-11)15(17)14(16)12-5-3-2-4-6-12/h2-10,14-15,17H,16H2,1H3/t14-,15-/m0/s1. The summed E-state index contributed by atoms with van der Waals surface area (Å²) in [5, 5.41) is 10.2. The van der Waals surface area contributed by atoms with Gasteiger partial charge in [-0.1, -0.05) is 60.2 Å². The van der Waals surface area contributed by atoms with Gasteiger partial charge in [-0.3, -0.25) is 0 Å². The second-order valence-corrected chi connectivity index (χ2v) is 4.29. The van der Waals surface area contributed by atoms with E-state index in [-0.39, 0.29) is 6.04 Å². The minimum Gasteiger partial charge on any atom is -0.386 e. The molecule has 0 bridgehead atoms. The third-order valence-corrected chi connectivity index (χ3v) is 2.94. The van der Waals surface area contributed by atoms with E-state index < -0.39 is 6.10 Å². The summed E-state index contributed by atoms with van der Waals surface area (Å²) in [5.74, 6) is 0. The first-order valence-corrected chi connectivity index (χ1v) is 5.73. The third kappa shape index (κ3) is 2.73. The summed E-state index contributed by atoms with van der Waals surface area (Å²) >= 11 is 0. The van der Waals surface area contributed by atoms with Gasteiger partial charge >= 0.3 is 0 Å².